The van der Waals surface area contributed by atoms with Crippen LogP contribution < -0.4 is 15.6 Å². The molecule has 3 rings (SSSR count). The molecule has 1 amide bonds. The summed E-state index contributed by atoms with van der Waals surface area (Å²) in [5.41, 5.74) is 1.15. The van der Waals surface area contributed by atoms with Crippen LogP contribution in [0.25, 0.3) is 5.69 Å². The Kier molecular flexibility index (Phi) is 6.81. The van der Waals surface area contributed by atoms with Crippen molar-refractivity contribution in [2.75, 3.05) is 18.5 Å². The fourth-order valence-electron chi connectivity index (χ4n) is 2.84. The Balaban J connectivity index is 1.97. The number of ether oxygens (including phenoxy) is 2. The summed E-state index contributed by atoms with van der Waals surface area (Å²) in [6.45, 7) is 6.08. The van der Waals surface area contributed by atoms with Crippen LogP contribution in [-0.2, 0) is 4.74 Å². The van der Waals surface area contributed by atoms with Gasteiger partial charge in [0.2, 0.25) is 0 Å². The molecule has 0 radical (unpaired) electrons. The van der Waals surface area contributed by atoms with Crippen LogP contribution in [0.3, 0.4) is 0 Å². The van der Waals surface area contributed by atoms with Crippen LogP contribution in [0.5, 0.6) is 5.75 Å². The molecule has 0 saturated carbocycles. The van der Waals surface area contributed by atoms with Crippen LogP contribution in [-0.4, -0.2) is 34.9 Å². The largest absolute Gasteiger partial charge is 0.494 e. The molecule has 1 aromatic heterocycles. The maximum atomic E-state index is 12.7. The molecule has 0 aliphatic rings. The van der Waals surface area contributed by atoms with E-state index in [2.05, 4.69) is 10.4 Å². The molecule has 0 saturated heterocycles. The lowest BCUT2D eigenvalue weighted by atomic mass is 10.2. The Hall–Kier alpha value is -3.94. The molecule has 2 aromatic carbocycles. The Morgan fingerprint density at radius 3 is 2.29 bits per heavy atom. The number of carbonyl (C=O) groups excluding carboxylic acids is 2. The molecule has 31 heavy (non-hydrogen) atoms. The number of carbonyl (C=O) groups is 2. The van der Waals surface area contributed by atoms with Gasteiger partial charge < -0.3 is 14.8 Å². The number of nitrogens with one attached hydrogen (secondary N) is 1. The zero-order valence-electron chi connectivity index (χ0n) is 17.5. The van der Waals surface area contributed by atoms with Gasteiger partial charge in [0.25, 0.3) is 11.5 Å². The standard InChI is InChI=1S/C23H23N3O5/c1-4-30-18-12-8-16(9-13-18)22(28)24-19-14-20(27)26(17-10-6-15(3)7-11-17)25-21(19)23(29)31-5-2/h6-14H,4-5H2,1-3H3,(H,24,28). The molecule has 0 aliphatic heterocycles. The highest BCUT2D eigenvalue weighted by Crippen LogP contribution is 2.17. The monoisotopic (exact) mass is 421 g/mol. The van der Waals surface area contributed by atoms with Gasteiger partial charge >= 0.3 is 5.97 Å². The van der Waals surface area contributed by atoms with Gasteiger partial charge in [0.15, 0.2) is 5.69 Å². The third kappa shape index (κ3) is 5.16. The molecule has 3 aromatic rings. The summed E-state index contributed by atoms with van der Waals surface area (Å²) in [6, 6.07) is 14.8. The van der Waals surface area contributed by atoms with Crippen molar-refractivity contribution < 1.29 is 19.1 Å². The lowest BCUT2D eigenvalue weighted by Gasteiger charge is -2.13. The van der Waals surface area contributed by atoms with E-state index in [0.29, 0.717) is 23.6 Å². The molecular weight excluding hydrogens is 398 g/mol. The summed E-state index contributed by atoms with van der Waals surface area (Å²) in [6.07, 6.45) is 0. The lowest BCUT2D eigenvalue weighted by molar-refractivity contribution is 0.0518. The summed E-state index contributed by atoms with van der Waals surface area (Å²) in [4.78, 5) is 37.8. The molecule has 0 aliphatic carbocycles. The SMILES string of the molecule is CCOC(=O)c1nn(-c2ccc(C)cc2)c(=O)cc1NC(=O)c1ccc(OCC)cc1. The van der Waals surface area contributed by atoms with Crippen molar-refractivity contribution in [3.63, 3.8) is 0 Å². The molecule has 0 unspecified atom stereocenters. The van der Waals surface area contributed by atoms with Gasteiger partial charge in [-0.15, -0.1) is 0 Å². The number of anilines is 1. The van der Waals surface area contributed by atoms with E-state index in [9.17, 15) is 14.4 Å². The van der Waals surface area contributed by atoms with Crippen molar-refractivity contribution in [1.29, 1.82) is 0 Å². The number of aryl methyl sites for hydroxylation is 1. The van der Waals surface area contributed by atoms with E-state index in [1.165, 1.54) is 0 Å². The Labute approximate surface area is 179 Å². The second-order valence-electron chi connectivity index (χ2n) is 6.62. The normalized spacial score (nSPS) is 10.4. The van der Waals surface area contributed by atoms with Crippen molar-refractivity contribution in [2.24, 2.45) is 0 Å². The molecule has 0 fully saturated rings. The topological polar surface area (TPSA) is 99.5 Å². The maximum absolute atomic E-state index is 12.7. The predicted molar refractivity (Wildman–Crippen MR) is 116 cm³/mol. The number of hydrogen-bond acceptors (Lipinski definition) is 6. The summed E-state index contributed by atoms with van der Waals surface area (Å²) in [5.74, 6) is -0.609. The second-order valence-corrected chi connectivity index (χ2v) is 6.62. The summed E-state index contributed by atoms with van der Waals surface area (Å²) < 4.78 is 11.5. The first kappa shape index (κ1) is 21.8. The molecule has 0 bridgehead atoms. The second kappa shape index (κ2) is 9.71. The number of hydrogen-bond donors (Lipinski definition) is 1. The number of benzene rings is 2. The van der Waals surface area contributed by atoms with E-state index in [-0.39, 0.29) is 18.0 Å². The van der Waals surface area contributed by atoms with E-state index in [0.717, 1.165) is 16.3 Å². The molecule has 8 heteroatoms. The van der Waals surface area contributed by atoms with Gasteiger partial charge in [-0.05, 0) is 57.2 Å². The van der Waals surface area contributed by atoms with Crippen LogP contribution in [0.2, 0.25) is 0 Å². The smallest absolute Gasteiger partial charge is 0.360 e. The van der Waals surface area contributed by atoms with Gasteiger partial charge in [-0.1, -0.05) is 17.7 Å². The third-order valence-corrected chi connectivity index (χ3v) is 4.35. The van der Waals surface area contributed by atoms with Gasteiger partial charge in [-0.3, -0.25) is 9.59 Å². The van der Waals surface area contributed by atoms with Gasteiger partial charge in [-0.2, -0.15) is 9.78 Å². The number of esters is 1. The van der Waals surface area contributed by atoms with Crippen LogP contribution in [0, 0.1) is 6.92 Å². The van der Waals surface area contributed by atoms with Crippen molar-refractivity contribution in [1.82, 2.24) is 9.78 Å². The maximum Gasteiger partial charge on any atom is 0.360 e. The van der Waals surface area contributed by atoms with Crippen molar-refractivity contribution in [3.05, 3.63) is 81.8 Å². The molecule has 0 spiro atoms. The van der Waals surface area contributed by atoms with Crippen LogP contribution in [0.1, 0.15) is 40.3 Å². The Morgan fingerprint density at radius 2 is 1.68 bits per heavy atom. The van der Waals surface area contributed by atoms with E-state index >= 15 is 0 Å². The van der Waals surface area contributed by atoms with E-state index in [4.69, 9.17) is 9.47 Å². The quantitative estimate of drug-likeness (QED) is 0.587. The summed E-state index contributed by atoms with van der Waals surface area (Å²) >= 11 is 0. The fraction of sp³-hybridized carbons (Fsp3) is 0.217. The van der Waals surface area contributed by atoms with E-state index < -0.39 is 17.4 Å². The Bertz CT molecular complexity index is 1140. The highest BCUT2D eigenvalue weighted by atomic mass is 16.5. The molecule has 8 nitrogen and oxygen atoms in total. The molecule has 0 atom stereocenters. The van der Waals surface area contributed by atoms with Crippen molar-refractivity contribution >= 4 is 17.6 Å². The number of aromatic nitrogens is 2. The van der Waals surface area contributed by atoms with Crippen molar-refractivity contribution in [2.45, 2.75) is 20.8 Å². The first-order chi connectivity index (χ1) is 14.9. The summed E-state index contributed by atoms with van der Waals surface area (Å²) in [7, 11) is 0. The van der Waals surface area contributed by atoms with Crippen LogP contribution in [0.4, 0.5) is 5.69 Å². The first-order valence-corrected chi connectivity index (χ1v) is 9.85. The average Bonchev–Trinajstić information content (AvgIpc) is 2.75. The van der Waals surface area contributed by atoms with Crippen LogP contribution in [0.15, 0.2) is 59.4 Å². The van der Waals surface area contributed by atoms with E-state index in [1.54, 1.807) is 43.3 Å². The number of nitrogens with zero attached hydrogens (tertiary/aromatic N) is 2. The highest BCUT2D eigenvalue weighted by molar-refractivity contribution is 6.07. The number of rotatable bonds is 7. The predicted octanol–water partition coefficient (Wildman–Crippen LogP) is 3.37. The van der Waals surface area contributed by atoms with Gasteiger partial charge in [0.1, 0.15) is 5.75 Å². The number of amides is 1. The average molecular weight is 421 g/mol. The van der Waals surface area contributed by atoms with Gasteiger partial charge in [-0.25, -0.2) is 4.79 Å². The highest BCUT2D eigenvalue weighted by Gasteiger charge is 2.20. The molecule has 160 valence electrons. The Morgan fingerprint density at radius 1 is 1.00 bits per heavy atom. The third-order valence-electron chi connectivity index (χ3n) is 4.35. The zero-order chi connectivity index (χ0) is 22.4. The van der Waals surface area contributed by atoms with E-state index in [1.807, 2.05) is 26.0 Å². The zero-order valence-corrected chi connectivity index (χ0v) is 17.5. The van der Waals surface area contributed by atoms with Crippen molar-refractivity contribution in [3.8, 4) is 11.4 Å². The lowest BCUT2D eigenvalue weighted by Crippen LogP contribution is -2.27. The van der Waals surface area contributed by atoms with Gasteiger partial charge in [0, 0.05) is 11.6 Å². The minimum absolute atomic E-state index is 0.0225. The molecule has 1 N–H and O–H groups in total. The minimum Gasteiger partial charge on any atom is -0.494 e. The van der Waals surface area contributed by atoms with Gasteiger partial charge in [0.05, 0.1) is 24.6 Å². The fourth-order valence-corrected chi connectivity index (χ4v) is 2.84. The molecular formula is C23H23N3O5. The minimum atomic E-state index is -0.745. The first-order valence-electron chi connectivity index (χ1n) is 9.85. The molecule has 1 heterocycles. The van der Waals surface area contributed by atoms with Crippen LogP contribution >= 0.6 is 0 Å². The summed E-state index contributed by atoms with van der Waals surface area (Å²) in [5, 5.41) is 6.76.